The summed E-state index contributed by atoms with van der Waals surface area (Å²) >= 11 is 0. The maximum Gasteiger partial charge on any atom is 0.411 e. The number of amides is 1. The molecule has 1 aromatic rings. The maximum absolute atomic E-state index is 12.8. The lowest BCUT2D eigenvalue weighted by molar-refractivity contribution is 0.120. The van der Waals surface area contributed by atoms with Gasteiger partial charge in [-0.15, -0.1) is 0 Å². The summed E-state index contributed by atoms with van der Waals surface area (Å²) in [6, 6.07) is 6.06. The van der Waals surface area contributed by atoms with Crippen LogP contribution in [0.5, 0.6) is 0 Å². The minimum atomic E-state index is -0.313. The van der Waals surface area contributed by atoms with Crippen LogP contribution in [0.3, 0.4) is 0 Å². The molecule has 1 fully saturated rings. The zero-order valence-electron chi connectivity index (χ0n) is 10.2. The molecule has 0 unspecified atom stereocenters. The molecule has 0 aliphatic carbocycles. The molecule has 4 heteroatoms. The van der Waals surface area contributed by atoms with E-state index in [1.807, 2.05) is 20.8 Å². The average molecular weight is 237 g/mol. The number of ether oxygens (including phenoxy) is 1. The fraction of sp³-hybridized carbons (Fsp3) is 0.462. The molecule has 92 valence electrons. The van der Waals surface area contributed by atoms with Gasteiger partial charge in [0.05, 0.1) is 6.54 Å². The predicted octanol–water partition coefficient (Wildman–Crippen LogP) is 3.12. The van der Waals surface area contributed by atoms with Gasteiger partial charge in [-0.2, -0.15) is 0 Å². The summed E-state index contributed by atoms with van der Waals surface area (Å²) in [7, 11) is 0. The fourth-order valence-electron chi connectivity index (χ4n) is 1.86. The van der Waals surface area contributed by atoms with Gasteiger partial charge in [-0.05, 0) is 38.5 Å². The predicted molar refractivity (Wildman–Crippen MR) is 62.1 cm³/mol. The molecule has 0 bridgehead atoms. The molecule has 0 spiro atoms. The third-order valence-corrected chi connectivity index (χ3v) is 2.86. The first kappa shape index (κ1) is 11.9. The molecule has 2 rings (SSSR count). The van der Waals surface area contributed by atoms with Crippen molar-refractivity contribution < 1.29 is 13.9 Å². The van der Waals surface area contributed by atoms with Crippen molar-refractivity contribution in [3.63, 3.8) is 0 Å². The first-order valence-corrected chi connectivity index (χ1v) is 5.61. The number of hydrogen-bond donors (Lipinski definition) is 0. The van der Waals surface area contributed by atoms with Gasteiger partial charge in [-0.1, -0.05) is 12.1 Å². The molecule has 1 atom stereocenters. The van der Waals surface area contributed by atoms with Crippen LogP contribution in [0, 0.1) is 5.82 Å². The van der Waals surface area contributed by atoms with Crippen molar-refractivity contribution in [3.05, 3.63) is 35.6 Å². The largest absolute Gasteiger partial charge is 0.439 e. The van der Waals surface area contributed by atoms with Crippen molar-refractivity contribution in [3.8, 4) is 0 Å². The fourth-order valence-corrected chi connectivity index (χ4v) is 1.86. The Hall–Kier alpha value is -1.58. The molecule has 0 radical (unpaired) electrons. The molecule has 0 saturated carbocycles. The molecule has 1 aromatic carbocycles. The van der Waals surface area contributed by atoms with Crippen molar-refractivity contribution >= 4 is 6.09 Å². The minimum absolute atomic E-state index is 0.258. The van der Waals surface area contributed by atoms with Crippen molar-refractivity contribution in [1.82, 2.24) is 4.90 Å². The third-order valence-electron chi connectivity index (χ3n) is 2.86. The highest BCUT2D eigenvalue weighted by molar-refractivity contribution is 5.71. The second-order valence-electron chi connectivity index (χ2n) is 5.21. The zero-order valence-corrected chi connectivity index (χ0v) is 10.2. The number of halogens is 1. The van der Waals surface area contributed by atoms with E-state index in [1.54, 1.807) is 17.0 Å². The Morgan fingerprint density at radius 3 is 2.35 bits per heavy atom. The summed E-state index contributed by atoms with van der Waals surface area (Å²) in [5.74, 6) is -0.286. The van der Waals surface area contributed by atoms with Crippen LogP contribution < -0.4 is 0 Å². The highest BCUT2D eigenvalue weighted by Crippen LogP contribution is 2.30. The lowest BCUT2D eigenvalue weighted by Crippen LogP contribution is -2.41. The van der Waals surface area contributed by atoms with Crippen molar-refractivity contribution in [2.45, 2.75) is 32.4 Å². The molecule has 3 nitrogen and oxygen atoms in total. The van der Waals surface area contributed by atoms with Gasteiger partial charge < -0.3 is 4.74 Å². The number of carbonyl (C=O) groups is 1. The van der Waals surface area contributed by atoms with Gasteiger partial charge in [-0.3, -0.25) is 4.90 Å². The third kappa shape index (κ3) is 2.40. The van der Waals surface area contributed by atoms with Crippen molar-refractivity contribution in [2.75, 3.05) is 6.54 Å². The lowest BCUT2D eigenvalue weighted by Gasteiger charge is -2.29. The SMILES string of the molecule is CC(C)(C)N1C[C@@H](c2ccc(F)cc2)OC1=O. The molecule has 0 N–H and O–H groups in total. The molecule has 1 heterocycles. The smallest absolute Gasteiger partial charge is 0.411 e. The Kier molecular flexibility index (Phi) is 2.81. The van der Waals surface area contributed by atoms with Crippen molar-refractivity contribution in [1.29, 1.82) is 0 Å². The second kappa shape index (κ2) is 4.02. The number of nitrogens with zero attached hydrogens (tertiary/aromatic N) is 1. The Morgan fingerprint density at radius 1 is 1.29 bits per heavy atom. The summed E-state index contributed by atoms with van der Waals surface area (Å²) in [5, 5.41) is 0. The van der Waals surface area contributed by atoms with Gasteiger partial charge in [0, 0.05) is 5.54 Å². The normalized spacial score (nSPS) is 20.6. The standard InChI is InChI=1S/C13H16FNO2/c1-13(2,3)15-8-11(17-12(15)16)9-4-6-10(14)7-5-9/h4-7,11H,8H2,1-3H3/t11-/m0/s1. The first-order chi connectivity index (χ1) is 7.88. The van der Waals surface area contributed by atoms with Crippen LogP contribution in [0.25, 0.3) is 0 Å². The topological polar surface area (TPSA) is 29.5 Å². The van der Waals surface area contributed by atoms with Gasteiger partial charge in [0.15, 0.2) is 0 Å². The monoisotopic (exact) mass is 237 g/mol. The van der Waals surface area contributed by atoms with E-state index >= 15 is 0 Å². The van der Waals surface area contributed by atoms with Gasteiger partial charge >= 0.3 is 6.09 Å². The first-order valence-electron chi connectivity index (χ1n) is 5.61. The molecular weight excluding hydrogens is 221 g/mol. The number of carbonyl (C=O) groups excluding carboxylic acids is 1. The Morgan fingerprint density at radius 2 is 1.88 bits per heavy atom. The van der Waals surface area contributed by atoms with E-state index in [0.29, 0.717) is 6.54 Å². The van der Waals surface area contributed by atoms with Crippen molar-refractivity contribution in [2.24, 2.45) is 0 Å². The zero-order chi connectivity index (χ0) is 12.6. The van der Waals surface area contributed by atoms with Crippen LogP contribution in [0.4, 0.5) is 9.18 Å². The molecule has 1 amide bonds. The molecule has 17 heavy (non-hydrogen) atoms. The van der Waals surface area contributed by atoms with E-state index in [0.717, 1.165) is 5.56 Å². The number of benzene rings is 1. The number of rotatable bonds is 1. The molecule has 1 aliphatic heterocycles. The Balaban J connectivity index is 2.17. The molecular formula is C13H16FNO2. The summed E-state index contributed by atoms with van der Waals surface area (Å²) in [6.07, 6.45) is -0.617. The van der Waals surface area contributed by atoms with E-state index in [-0.39, 0.29) is 23.6 Å². The molecule has 0 aromatic heterocycles. The van der Waals surface area contributed by atoms with E-state index in [4.69, 9.17) is 4.74 Å². The number of hydrogen-bond acceptors (Lipinski definition) is 2. The lowest BCUT2D eigenvalue weighted by atomic mass is 10.0. The van der Waals surface area contributed by atoms with Gasteiger partial charge in [-0.25, -0.2) is 9.18 Å². The van der Waals surface area contributed by atoms with Crippen LogP contribution in [0.1, 0.15) is 32.4 Å². The van der Waals surface area contributed by atoms with E-state index in [9.17, 15) is 9.18 Å². The minimum Gasteiger partial charge on any atom is -0.439 e. The summed E-state index contributed by atoms with van der Waals surface area (Å²) in [5.41, 5.74) is 0.567. The second-order valence-corrected chi connectivity index (χ2v) is 5.21. The highest BCUT2D eigenvalue weighted by atomic mass is 19.1. The van der Waals surface area contributed by atoms with Gasteiger partial charge in [0.2, 0.25) is 0 Å². The van der Waals surface area contributed by atoms with Crippen LogP contribution in [-0.2, 0) is 4.74 Å². The van der Waals surface area contributed by atoms with Crippen LogP contribution in [0.15, 0.2) is 24.3 Å². The summed E-state index contributed by atoms with van der Waals surface area (Å²) in [4.78, 5) is 13.4. The van der Waals surface area contributed by atoms with Gasteiger partial charge in [0.25, 0.3) is 0 Å². The molecule has 1 saturated heterocycles. The quantitative estimate of drug-likeness (QED) is 0.751. The van der Waals surface area contributed by atoms with E-state index < -0.39 is 0 Å². The maximum atomic E-state index is 12.8. The Labute approximate surface area is 100 Å². The van der Waals surface area contributed by atoms with Gasteiger partial charge in [0.1, 0.15) is 11.9 Å². The Bertz CT molecular complexity index is 422. The molecule has 1 aliphatic rings. The average Bonchev–Trinajstić information content (AvgIpc) is 2.61. The summed E-state index contributed by atoms with van der Waals surface area (Å²) < 4.78 is 18.1. The van der Waals surface area contributed by atoms with E-state index in [1.165, 1.54) is 12.1 Å². The summed E-state index contributed by atoms with van der Waals surface area (Å²) in [6.45, 7) is 6.39. The van der Waals surface area contributed by atoms with Crippen LogP contribution in [-0.4, -0.2) is 23.1 Å². The van der Waals surface area contributed by atoms with E-state index in [2.05, 4.69) is 0 Å². The highest BCUT2D eigenvalue weighted by Gasteiger charge is 2.38. The van der Waals surface area contributed by atoms with Crippen LogP contribution >= 0.6 is 0 Å². The number of cyclic esters (lactones) is 1. The van der Waals surface area contributed by atoms with Crippen LogP contribution in [0.2, 0.25) is 0 Å².